The normalized spacial score (nSPS) is 11.6. The van der Waals surface area contributed by atoms with Crippen LogP contribution in [0.1, 0.15) is 5.56 Å². The number of carbonyl (C=O) groups is 1. The lowest BCUT2D eigenvalue weighted by atomic mass is 10.2. The molecule has 118 valence electrons. The zero-order valence-corrected chi connectivity index (χ0v) is 13.0. The number of rotatable bonds is 9. The fourth-order valence-corrected chi connectivity index (χ4v) is 2.24. The second-order valence-electron chi connectivity index (χ2n) is 4.67. The van der Waals surface area contributed by atoms with Crippen LogP contribution in [0.3, 0.4) is 0 Å². The number of nitrogens with one attached hydrogen (secondary N) is 1. The van der Waals surface area contributed by atoms with Crippen molar-refractivity contribution >= 4 is 15.9 Å². The fraction of sp³-hybridized carbons (Fsp3) is 0.462. The number of benzene rings is 1. The minimum atomic E-state index is -3.17. The number of carbonyl (C=O) groups excluding carboxylic acids is 1. The average Bonchev–Trinajstić information content (AvgIpc) is 2.42. The largest absolute Gasteiger partial charge is 0.484 e. The quantitative estimate of drug-likeness (QED) is 0.600. The van der Waals surface area contributed by atoms with Crippen molar-refractivity contribution < 1.29 is 17.9 Å². The molecule has 0 aliphatic carbocycles. The van der Waals surface area contributed by atoms with Crippen molar-refractivity contribution in [2.45, 2.75) is 6.54 Å². The molecule has 0 aromatic heterocycles. The van der Waals surface area contributed by atoms with Crippen LogP contribution in [0.15, 0.2) is 24.3 Å². The van der Waals surface area contributed by atoms with E-state index in [1.54, 1.807) is 12.1 Å². The SMILES string of the molecule is CN(C)S(=O)(=O)CCNCc1ccc(OCC(N)=O)cc1. The van der Waals surface area contributed by atoms with Crippen LogP contribution < -0.4 is 15.8 Å². The van der Waals surface area contributed by atoms with Gasteiger partial charge < -0.3 is 15.8 Å². The first-order valence-electron chi connectivity index (χ1n) is 6.42. The van der Waals surface area contributed by atoms with Crippen molar-refractivity contribution in [1.82, 2.24) is 9.62 Å². The number of hydrogen-bond acceptors (Lipinski definition) is 5. The van der Waals surface area contributed by atoms with Gasteiger partial charge in [0.1, 0.15) is 5.75 Å². The van der Waals surface area contributed by atoms with Crippen molar-refractivity contribution in [2.75, 3.05) is 33.0 Å². The van der Waals surface area contributed by atoms with E-state index in [-0.39, 0.29) is 12.4 Å². The first kappa shape index (κ1) is 17.4. The summed E-state index contributed by atoms with van der Waals surface area (Å²) < 4.78 is 29.4. The Hall–Kier alpha value is -1.64. The van der Waals surface area contributed by atoms with E-state index in [1.165, 1.54) is 18.4 Å². The molecule has 0 saturated heterocycles. The van der Waals surface area contributed by atoms with E-state index in [4.69, 9.17) is 10.5 Å². The monoisotopic (exact) mass is 315 g/mol. The van der Waals surface area contributed by atoms with Gasteiger partial charge in [-0.25, -0.2) is 12.7 Å². The molecule has 0 radical (unpaired) electrons. The highest BCUT2D eigenvalue weighted by atomic mass is 32.2. The molecule has 0 aliphatic rings. The van der Waals surface area contributed by atoms with E-state index in [2.05, 4.69) is 5.32 Å². The van der Waals surface area contributed by atoms with Gasteiger partial charge in [0, 0.05) is 27.2 Å². The van der Waals surface area contributed by atoms with Gasteiger partial charge in [-0.1, -0.05) is 12.1 Å². The van der Waals surface area contributed by atoms with Crippen molar-refractivity contribution in [3.05, 3.63) is 29.8 Å². The molecule has 0 heterocycles. The van der Waals surface area contributed by atoms with Gasteiger partial charge in [-0.05, 0) is 17.7 Å². The summed E-state index contributed by atoms with van der Waals surface area (Å²) in [4.78, 5) is 10.6. The predicted octanol–water partition coefficient (Wildman–Crippen LogP) is -0.468. The van der Waals surface area contributed by atoms with E-state index in [9.17, 15) is 13.2 Å². The zero-order chi connectivity index (χ0) is 15.9. The van der Waals surface area contributed by atoms with Crippen molar-refractivity contribution in [2.24, 2.45) is 5.73 Å². The summed E-state index contributed by atoms with van der Waals surface area (Å²) in [6.45, 7) is 0.777. The van der Waals surface area contributed by atoms with Gasteiger partial charge in [0.15, 0.2) is 6.61 Å². The topological polar surface area (TPSA) is 102 Å². The van der Waals surface area contributed by atoms with Crippen LogP contribution in [0, 0.1) is 0 Å². The van der Waals surface area contributed by atoms with E-state index in [0.717, 1.165) is 5.56 Å². The van der Waals surface area contributed by atoms with Gasteiger partial charge in [0.2, 0.25) is 10.0 Å². The Bertz CT molecular complexity index is 555. The van der Waals surface area contributed by atoms with Gasteiger partial charge in [-0.2, -0.15) is 0 Å². The van der Waals surface area contributed by atoms with Gasteiger partial charge >= 0.3 is 0 Å². The molecule has 3 N–H and O–H groups in total. The van der Waals surface area contributed by atoms with E-state index in [0.29, 0.717) is 18.8 Å². The summed E-state index contributed by atoms with van der Waals surface area (Å²) in [5, 5.41) is 3.06. The lowest BCUT2D eigenvalue weighted by Gasteiger charge is -2.11. The standard InChI is InChI=1S/C13H21N3O4S/c1-16(2)21(18,19)8-7-15-9-11-3-5-12(6-4-11)20-10-13(14)17/h3-6,15H,7-10H2,1-2H3,(H2,14,17). The fourth-order valence-electron chi connectivity index (χ4n) is 1.47. The highest BCUT2D eigenvalue weighted by molar-refractivity contribution is 7.89. The molecular formula is C13H21N3O4S. The van der Waals surface area contributed by atoms with E-state index >= 15 is 0 Å². The van der Waals surface area contributed by atoms with E-state index < -0.39 is 15.9 Å². The molecule has 1 aromatic carbocycles. The van der Waals surface area contributed by atoms with Crippen LogP contribution in [0.5, 0.6) is 5.75 Å². The zero-order valence-electron chi connectivity index (χ0n) is 12.2. The van der Waals surface area contributed by atoms with Crippen LogP contribution >= 0.6 is 0 Å². The minimum absolute atomic E-state index is 0.0554. The number of nitrogens with zero attached hydrogens (tertiary/aromatic N) is 1. The van der Waals surface area contributed by atoms with Gasteiger partial charge in [0.05, 0.1) is 5.75 Å². The maximum absolute atomic E-state index is 11.5. The van der Waals surface area contributed by atoms with Gasteiger partial charge in [0.25, 0.3) is 5.91 Å². The Balaban J connectivity index is 2.35. The van der Waals surface area contributed by atoms with Crippen LogP contribution in [-0.4, -0.2) is 51.6 Å². The molecule has 0 saturated carbocycles. The predicted molar refractivity (Wildman–Crippen MR) is 80.3 cm³/mol. The highest BCUT2D eigenvalue weighted by Crippen LogP contribution is 2.11. The molecular weight excluding hydrogens is 294 g/mol. The summed E-state index contributed by atoms with van der Waals surface area (Å²) in [5.41, 5.74) is 5.97. The van der Waals surface area contributed by atoms with Crippen LogP contribution in [-0.2, 0) is 21.4 Å². The molecule has 8 heteroatoms. The maximum Gasteiger partial charge on any atom is 0.255 e. The second kappa shape index (κ2) is 7.96. The maximum atomic E-state index is 11.5. The molecule has 21 heavy (non-hydrogen) atoms. The summed E-state index contributed by atoms with van der Waals surface area (Å²) in [7, 11) is -0.140. The number of primary amides is 1. The molecule has 7 nitrogen and oxygen atoms in total. The van der Waals surface area contributed by atoms with Crippen molar-refractivity contribution in [1.29, 1.82) is 0 Å². The van der Waals surface area contributed by atoms with E-state index in [1.807, 2.05) is 12.1 Å². The number of sulfonamides is 1. The van der Waals surface area contributed by atoms with Gasteiger partial charge in [-0.3, -0.25) is 4.79 Å². The van der Waals surface area contributed by atoms with Crippen LogP contribution in [0.4, 0.5) is 0 Å². The Morgan fingerprint density at radius 1 is 1.29 bits per heavy atom. The molecule has 1 aromatic rings. The first-order valence-corrected chi connectivity index (χ1v) is 8.03. The molecule has 1 rings (SSSR count). The molecule has 0 unspecified atom stereocenters. The lowest BCUT2D eigenvalue weighted by molar-refractivity contribution is -0.119. The van der Waals surface area contributed by atoms with Gasteiger partial charge in [-0.15, -0.1) is 0 Å². The third-order valence-electron chi connectivity index (χ3n) is 2.73. The third-order valence-corrected chi connectivity index (χ3v) is 4.56. The number of nitrogens with two attached hydrogens (primary N) is 1. The Kier molecular flexibility index (Phi) is 6.60. The summed E-state index contributed by atoms with van der Waals surface area (Å²) >= 11 is 0. The Morgan fingerprint density at radius 3 is 2.43 bits per heavy atom. The molecule has 0 atom stereocenters. The van der Waals surface area contributed by atoms with Crippen molar-refractivity contribution in [3.63, 3.8) is 0 Å². The Morgan fingerprint density at radius 2 is 1.90 bits per heavy atom. The summed E-state index contributed by atoms with van der Waals surface area (Å²) in [6.07, 6.45) is 0. The number of amides is 1. The van der Waals surface area contributed by atoms with Crippen molar-refractivity contribution in [3.8, 4) is 5.75 Å². The molecule has 0 aliphatic heterocycles. The lowest BCUT2D eigenvalue weighted by Crippen LogP contribution is -2.30. The van der Waals surface area contributed by atoms with Crippen LogP contribution in [0.25, 0.3) is 0 Å². The summed E-state index contributed by atoms with van der Waals surface area (Å²) in [5.74, 6) is 0.0929. The average molecular weight is 315 g/mol. The number of ether oxygens (including phenoxy) is 1. The molecule has 0 spiro atoms. The first-order chi connectivity index (χ1) is 9.81. The summed E-state index contributed by atoms with van der Waals surface area (Å²) in [6, 6.07) is 7.14. The smallest absolute Gasteiger partial charge is 0.255 e. The third kappa shape index (κ3) is 6.56. The molecule has 1 amide bonds. The number of hydrogen-bond donors (Lipinski definition) is 2. The molecule has 0 fully saturated rings. The molecule has 0 bridgehead atoms. The van der Waals surface area contributed by atoms with Crippen LogP contribution in [0.2, 0.25) is 0 Å². The Labute approximate surface area is 125 Å². The highest BCUT2D eigenvalue weighted by Gasteiger charge is 2.12. The second-order valence-corrected chi connectivity index (χ2v) is 6.98. The minimum Gasteiger partial charge on any atom is -0.484 e.